The molecule has 80 valence electrons. The summed E-state index contributed by atoms with van der Waals surface area (Å²) >= 11 is 3.43. The summed E-state index contributed by atoms with van der Waals surface area (Å²) in [5.74, 6) is 0. The lowest BCUT2D eigenvalue weighted by Crippen LogP contribution is -1.94. The van der Waals surface area contributed by atoms with E-state index in [-0.39, 0.29) is 0 Å². The Morgan fingerprint density at radius 3 is 2.62 bits per heavy atom. The number of rotatable bonds is 3. The number of para-hydroxylation sites is 1. The highest BCUT2D eigenvalue weighted by molar-refractivity contribution is 9.10. The second kappa shape index (κ2) is 4.94. The predicted octanol–water partition coefficient (Wildman–Crippen LogP) is 4.19. The molecule has 2 nitrogen and oxygen atoms in total. The standard InChI is InChI=1S/C13H11BrN2/c14-11-5-3-6-12(8-11)16-13-7-2-1-4-10(13)9-15/h1-9,15-16H. The summed E-state index contributed by atoms with van der Waals surface area (Å²) in [5, 5.41) is 10.6. The highest BCUT2D eigenvalue weighted by atomic mass is 79.9. The van der Waals surface area contributed by atoms with Crippen LogP contribution in [0.25, 0.3) is 0 Å². The van der Waals surface area contributed by atoms with E-state index in [1.54, 1.807) is 0 Å². The molecule has 0 spiro atoms. The molecule has 0 bridgehead atoms. The first-order valence-corrected chi connectivity index (χ1v) is 5.71. The van der Waals surface area contributed by atoms with Gasteiger partial charge in [-0.15, -0.1) is 0 Å². The van der Waals surface area contributed by atoms with E-state index in [1.165, 1.54) is 6.21 Å². The maximum Gasteiger partial charge on any atom is 0.0473 e. The molecule has 0 heterocycles. The van der Waals surface area contributed by atoms with Gasteiger partial charge in [-0.25, -0.2) is 0 Å². The summed E-state index contributed by atoms with van der Waals surface area (Å²) < 4.78 is 1.03. The van der Waals surface area contributed by atoms with Gasteiger partial charge in [-0.2, -0.15) is 0 Å². The van der Waals surface area contributed by atoms with Gasteiger partial charge >= 0.3 is 0 Å². The van der Waals surface area contributed by atoms with Gasteiger partial charge in [0.25, 0.3) is 0 Å². The van der Waals surface area contributed by atoms with E-state index in [2.05, 4.69) is 21.2 Å². The molecule has 0 aliphatic heterocycles. The van der Waals surface area contributed by atoms with Crippen molar-refractivity contribution in [3.8, 4) is 0 Å². The number of nitrogens with one attached hydrogen (secondary N) is 2. The van der Waals surface area contributed by atoms with Gasteiger partial charge in [0.1, 0.15) is 0 Å². The van der Waals surface area contributed by atoms with Crippen LogP contribution in [0.5, 0.6) is 0 Å². The van der Waals surface area contributed by atoms with Crippen molar-refractivity contribution in [1.82, 2.24) is 0 Å². The molecule has 0 amide bonds. The SMILES string of the molecule is N=Cc1ccccc1Nc1cccc(Br)c1. The van der Waals surface area contributed by atoms with E-state index < -0.39 is 0 Å². The molecule has 16 heavy (non-hydrogen) atoms. The molecule has 0 fully saturated rings. The van der Waals surface area contributed by atoms with Gasteiger partial charge < -0.3 is 10.7 Å². The molecule has 0 aliphatic rings. The Bertz CT molecular complexity index is 509. The molecule has 0 unspecified atom stereocenters. The van der Waals surface area contributed by atoms with Crippen LogP contribution in [-0.4, -0.2) is 6.21 Å². The zero-order chi connectivity index (χ0) is 11.4. The minimum atomic E-state index is 0.877. The maximum absolute atomic E-state index is 7.32. The number of anilines is 2. The van der Waals surface area contributed by atoms with Crippen molar-refractivity contribution in [3.05, 3.63) is 58.6 Å². The molecule has 0 atom stereocenters. The minimum Gasteiger partial charge on any atom is -0.355 e. The molecular weight excluding hydrogens is 264 g/mol. The molecule has 2 N–H and O–H groups in total. The fourth-order valence-corrected chi connectivity index (χ4v) is 1.86. The van der Waals surface area contributed by atoms with Crippen LogP contribution in [0.15, 0.2) is 53.0 Å². The second-order valence-corrected chi connectivity index (χ2v) is 4.28. The van der Waals surface area contributed by atoms with E-state index in [9.17, 15) is 0 Å². The Kier molecular flexibility index (Phi) is 3.37. The van der Waals surface area contributed by atoms with Crippen molar-refractivity contribution in [2.24, 2.45) is 0 Å². The van der Waals surface area contributed by atoms with Crippen LogP contribution in [0, 0.1) is 5.41 Å². The lowest BCUT2D eigenvalue weighted by Gasteiger charge is -2.09. The first-order chi connectivity index (χ1) is 7.79. The van der Waals surface area contributed by atoms with Crippen molar-refractivity contribution in [2.45, 2.75) is 0 Å². The summed E-state index contributed by atoms with van der Waals surface area (Å²) in [7, 11) is 0. The van der Waals surface area contributed by atoms with Gasteiger partial charge in [0.15, 0.2) is 0 Å². The highest BCUT2D eigenvalue weighted by Crippen LogP contribution is 2.22. The zero-order valence-electron chi connectivity index (χ0n) is 8.57. The fraction of sp³-hybridized carbons (Fsp3) is 0. The Labute approximate surface area is 103 Å². The molecule has 0 aliphatic carbocycles. The molecule has 0 radical (unpaired) electrons. The smallest absolute Gasteiger partial charge is 0.0473 e. The van der Waals surface area contributed by atoms with Gasteiger partial charge in [-0.05, 0) is 24.3 Å². The van der Waals surface area contributed by atoms with Crippen LogP contribution < -0.4 is 5.32 Å². The quantitative estimate of drug-likeness (QED) is 0.809. The van der Waals surface area contributed by atoms with Gasteiger partial charge in [-0.3, -0.25) is 0 Å². The third kappa shape index (κ3) is 2.49. The van der Waals surface area contributed by atoms with Crippen molar-refractivity contribution < 1.29 is 0 Å². The summed E-state index contributed by atoms with van der Waals surface area (Å²) in [5.41, 5.74) is 2.82. The van der Waals surface area contributed by atoms with Gasteiger partial charge in [0, 0.05) is 27.6 Å². The minimum absolute atomic E-state index is 0.877. The lowest BCUT2D eigenvalue weighted by atomic mass is 10.2. The Morgan fingerprint density at radius 2 is 1.88 bits per heavy atom. The average molecular weight is 275 g/mol. The predicted molar refractivity (Wildman–Crippen MR) is 71.8 cm³/mol. The third-order valence-electron chi connectivity index (χ3n) is 2.22. The summed E-state index contributed by atoms with van der Waals surface area (Å²) in [6.07, 6.45) is 1.35. The summed E-state index contributed by atoms with van der Waals surface area (Å²) in [6, 6.07) is 15.7. The van der Waals surface area contributed by atoms with Crippen LogP contribution in [0.2, 0.25) is 0 Å². The number of benzene rings is 2. The van der Waals surface area contributed by atoms with Crippen molar-refractivity contribution in [2.75, 3.05) is 5.32 Å². The molecule has 2 aromatic rings. The molecule has 2 rings (SSSR count). The Hall–Kier alpha value is -1.61. The largest absolute Gasteiger partial charge is 0.355 e. The average Bonchev–Trinajstić information content (AvgIpc) is 2.30. The third-order valence-corrected chi connectivity index (χ3v) is 2.71. The Balaban J connectivity index is 2.30. The van der Waals surface area contributed by atoms with E-state index in [0.717, 1.165) is 21.4 Å². The monoisotopic (exact) mass is 274 g/mol. The molecule has 0 saturated carbocycles. The maximum atomic E-state index is 7.32. The van der Waals surface area contributed by atoms with Gasteiger partial charge in [-0.1, -0.05) is 40.2 Å². The van der Waals surface area contributed by atoms with Crippen molar-refractivity contribution in [3.63, 3.8) is 0 Å². The first-order valence-electron chi connectivity index (χ1n) is 4.92. The molecule has 0 saturated heterocycles. The van der Waals surface area contributed by atoms with Crippen LogP contribution in [-0.2, 0) is 0 Å². The number of halogens is 1. The topological polar surface area (TPSA) is 35.9 Å². The van der Waals surface area contributed by atoms with Crippen LogP contribution in [0.4, 0.5) is 11.4 Å². The highest BCUT2D eigenvalue weighted by Gasteiger charge is 1.99. The summed E-state index contributed by atoms with van der Waals surface area (Å²) in [4.78, 5) is 0. The molecule has 3 heteroatoms. The zero-order valence-corrected chi connectivity index (χ0v) is 10.2. The molecular formula is C13H11BrN2. The van der Waals surface area contributed by atoms with E-state index in [4.69, 9.17) is 5.41 Å². The number of hydrogen-bond acceptors (Lipinski definition) is 2. The van der Waals surface area contributed by atoms with Crippen LogP contribution in [0.3, 0.4) is 0 Å². The Morgan fingerprint density at radius 1 is 1.06 bits per heavy atom. The number of hydrogen-bond donors (Lipinski definition) is 2. The van der Waals surface area contributed by atoms with Crippen molar-refractivity contribution >= 4 is 33.5 Å². The first kappa shape index (κ1) is 10.9. The second-order valence-electron chi connectivity index (χ2n) is 3.37. The van der Waals surface area contributed by atoms with E-state index in [1.807, 2.05) is 48.5 Å². The van der Waals surface area contributed by atoms with Crippen LogP contribution in [0.1, 0.15) is 5.56 Å². The van der Waals surface area contributed by atoms with E-state index in [0.29, 0.717) is 0 Å². The van der Waals surface area contributed by atoms with Crippen LogP contribution >= 0.6 is 15.9 Å². The van der Waals surface area contributed by atoms with Crippen molar-refractivity contribution in [1.29, 1.82) is 5.41 Å². The van der Waals surface area contributed by atoms with Gasteiger partial charge in [0.2, 0.25) is 0 Å². The molecule has 0 aromatic heterocycles. The molecule has 2 aromatic carbocycles. The lowest BCUT2D eigenvalue weighted by molar-refractivity contribution is 1.49. The fourth-order valence-electron chi connectivity index (χ4n) is 1.46. The summed E-state index contributed by atoms with van der Waals surface area (Å²) in [6.45, 7) is 0. The van der Waals surface area contributed by atoms with Gasteiger partial charge in [0.05, 0.1) is 0 Å². The normalized spacial score (nSPS) is 9.81. The van der Waals surface area contributed by atoms with E-state index >= 15 is 0 Å².